The second-order valence-corrected chi connectivity index (χ2v) is 4.81. The summed E-state index contributed by atoms with van der Waals surface area (Å²) < 4.78 is 5.15. The van der Waals surface area contributed by atoms with Gasteiger partial charge >= 0.3 is 0 Å². The van der Waals surface area contributed by atoms with Gasteiger partial charge in [-0.3, -0.25) is 19.8 Å². The average Bonchev–Trinajstić information content (AvgIpc) is 2.64. The zero-order chi connectivity index (χ0) is 17.2. The number of hydrogen-bond donors (Lipinski definition) is 3. The number of rotatable bonds is 7. The van der Waals surface area contributed by atoms with E-state index in [1.54, 1.807) is 42.7 Å². The Kier molecular flexibility index (Phi) is 6.48. The molecule has 1 aromatic carbocycles. The molecular formula is C17H17N3O4. The Hall–Kier alpha value is -3.19. The number of aromatic nitrogens is 1. The summed E-state index contributed by atoms with van der Waals surface area (Å²) in [5.74, 6) is -0.361. The predicted molar refractivity (Wildman–Crippen MR) is 87.0 cm³/mol. The van der Waals surface area contributed by atoms with Gasteiger partial charge in [0.15, 0.2) is 6.61 Å². The smallest absolute Gasteiger partial charge is 0.281 e. The summed E-state index contributed by atoms with van der Waals surface area (Å²) in [6.45, 7) is 0.138. The van der Waals surface area contributed by atoms with E-state index >= 15 is 0 Å². The highest BCUT2D eigenvalue weighted by atomic mass is 16.5. The first-order chi connectivity index (χ1) is 11.7. The van der Waals surface area contributed by atoms with Crippen molar-refractivity contribution in [2.75, 3.05) is 6.61 Å². The van der Waals surface area contributed by atoms with Gasteiger partial charge in [-0.2, -0.15) is 0 Å². The van der Waals surface area contributed by atoms with Crippen molar-refractivity contribution in [1.29, 1.82) is 0 Å². The molecule has 0 aliphatic carbocycles. The molecule has 0 saturated heterocycles. The predicted octanol–water partition coefficient (Wildman–Crippen LogP) is 1.30. The van der Waals surface area contributed by atoms with Crippen LogP contribution in [0.5, 0.6) is 5.75 Å². The van der Waals surface area contributed by atoms with Gasteiger partial charge in [0.2, 0.25) is 5.91 Å². The summed E-state index contributed by atoms with van der Waals surface area (Å²) in [6, 6.07) is 10.5. The van der Waals surface area contributed by atoms with Crippen LogP contribution < -0.4 is 15.5 Å². The molecule has 0 fully saturated rings. The van der Waals surface area contributed by atoms with E-state index in [1.807, 2.05) is 12.1 Å². The molecule has 7 nitrogen and oxygen atoms in total. The van der Waals surface area contributed by atoms with Crippen molar-refractivity contribution in [3.63, 3.8) is 0 Å². The lowest BCUT2D eigenvalue weighted by Crippen LogP contribution is -2.25. The maximum absolute atomic E-state index is 11.8. The van der Waals surface area contributed by atoms with E-state index < -0.39 is 5.91 Å². The van der Waals surface area contributed by atoms with Crippen LogP contribution in [0.25, 0.3) is 6.08 Å². The van der Waals surface area contributed by atoms with Gasteiger partial charge in [-0.25, -0.2) is 5.48 Å². The third kappa shape index (κ3) is 5.90. The fraction of sp³-hybridized carbons (Fsp3) is 0.118. The quantitative estimate of drug-likeness (QED) is 0.404. The summed E-state index contributed by atoms with van der Waals surface area (Å²) in [7, 11) is 0. The van der Waals surface area contributed by atoms with E-state index in [9.17, 15) is 9.59 Å². The number of hydrogen-bond acceptors (Lipinski definition) is 5. The largest absolute Gasteiger partial charge is 0.484 e. The number of carbonyl (C=O) groups is 2. The second-order valence-electron chi connectivity index (χ2n) is 4.81. The Bertz CT molecular complexity index is 700. The minimum Gasteiger partial charge on any atom is -0.484 e. The minimum atomic E-state index is -0.635. The molecule has 7 heteroatoms. The van der Waals surface area contributed by atoms with Gasteiger partial charge in [0, 0.05) is 25.0 Å². The molecule has 0 atom stereocenters. The average molecular weight is 327 g/mol. The lowest BCUT2D eigenvalue weighted by Gasteiger charge is -2.04. The van der Waals surface area contributed by atoms with Crippen LogP contribution in [0.1, 0.15) is 11.1 Å². The Morgan fingerprint density at radius 2 is 2.00 bits per heavy atom. The van der Waals surface area contributed by atoms with Crippen LogP contribution in [-0.2, 0) is 16.1 Å². The zero-order valence-electron chi connectivity index (χ0n) is 12.8. The highest BCUT2D eigenvalue weighted by Crippen LogP contribution is 2.13. The molecule has 0 aliphatic rings. The summed E-state index contributed by atoms with van der Waals surface area (Å²) in [5.41, 5.74) is 3.21. The monoisotopic (exact) mass is 327 g/mol. The first-order valence-electron chi connectivity index (χ1n) is 7.18. The van der Waals surface area contributed by atoms with E-state index in [-0.39, 0.29) is 12.5 Å². The van der Waals surface area contributed by atoms with Gasteiger partial charge in [-0.1, -0.05) is 18.2 Å². The molecule has 124 valence electrons. The molecule has 0 aliphatic heterocycles. The Morgan fingerprint density at radius 1 is 1.21 bits per heavy atom. The fourth-order valence-corrected chi connectivity index (χ4v) is 1.78. The molecule has 2 rings (SSSR count). The summed E-state index contributed by atoms with van der Waals surface area (Å²) in [4.78, 5) is 26.6. The molecule has 3 N–H and O–H groups in total. The van der Waals surface area contributed by atoms with Crippen molar-refractivity contribution in [2.24, 2.45) is 0 Å². The molecule has 0 saturated carbocycles. The van der Waals surface area contributed by atoms with Crippen molar-refractivity contribution in [2.45, 2.75) is 6.54 Å². The molecule has 0 unspecified atom stereocenters. The minimum absolute atomic E-state index is 0.209. The van der Waals surface area contributed by atoms with Gasteiger partial charge in [-0.15, -0.1) is 0 Å². The molecule has 2 amide bonds. The van der Waals surface area contributed by atoms with E-state index in [0.717, 1.165) is 11.1 Å². The van der Waals surface area contributed by atoms with Gasteiger partial charge < -0.3 is 10.1 Å². The third-order valence-electron chi connectivity index (χ3n) is 2.99. The topological polar surface area (TPSA) is 101 Å². The highest BCUT2D eigenvalue weighted by molar-refractivity contribution is 5.91. The van der Waals surface area contributed by atoms with Gasteiger partial charge in [0.1, 0.15) is 5.75 Å². The van der Waals surface area contributed by atoms with Crippen molar-refractivity contribution < 1.29 is 19.5 Å². The van der Waals surface area contributed by atoms with Gasteiger partial charge in [0.25, 0.3) is 5.91 Å². The normalized spacial score (nSPS) is 10.4. The maximum atomic E-state index is 11.8. The number of benzene rings is 1. The number of nitrogens with zero attached hydrogens (tertiary/aromatic N) is 1. The van der Waals surface area contributed by atoms with E-state index in [1.165, 1.54) is 11.6 Å². The number of nitrogens with one attached hydrogen (secondary N) is 2. The Morgan fingerprint density at radius 3 is 2.67 bits per heavy atom. The molecule has 0 radical (unpaired) electrons. The lowest BCUT2D eigenvalue weighted by molar-refractivity contribution is -0.131. The van der Waals surface area contributed by atoms with Crippen LogP contribution in [0.2, 0.25) is 0 Å². The molecule has 1 aromatic heterocycles. The fourth-order valence-electron chi connectivity index (χ4n) is 1.78. The van der Waals surface area contributed by atoms with Crippen molar-refractivity contribution in [1.82, 2.24) is 15.8 Å². The van der Waals surface area contributed by atoms with Gasteiger partial charge in [-0.05, 0) is 35.4 Å². The van der Waals surface area contributed by atoms with E-state index in [0.29, 0.717) is 12.3 Å². The van der Waals surface area contributed by atoms with E-state index in [4.69, 9.17) is 9.94 Å². The number of carbonyl (C=O) groups excluding carboxylic acids is 2. The molecule has 1 heterocycles. The van der Waals surface area contributed by atoms with Crippen LogP contribution in [0.3, 0.4) is 0 Å². The van der Waals surface area contributed by atoms with Gasteiger partial charge in [0.05, 0.1) is 0 Å². The first kappa shape index (κ1) is 17.2. The van der Waals surface area contributed by atoms with Crippen LogP contribution in [-0.4, -0.2) is 28.6 Å². The lowest BCUT2D eigenvalue weighted by atomic mass is 10.2. The second kappa shape index (κ2) is 9.06. The number of hydroxylamine groups is 1. The molecule has 24 heavy (non-hydrogen) atoms. The highest BCUT2D eigenvalue weighted by Gasteiger charge is 2.01. The zero-order valence-corrected chi connectivity index (χ0v) is 12.8. The molecule has 0 bridgehead atoms. The maximum Gasteiger partial charge on any atom is 0.281 e. The summed E-state index contributed by atoms with van der Waals surface area (Å²) in [5, 5.41) is 11.1. The Labute approximate surface area is 138 Å². The van der Waals surface area contributed by atoms with Crippen LogP contribution >= 0.6 is 0 Å². The molecule has 2 aromatic rings. The molecule has 0 spiro atoms. The first-order valence-corrected chi connectivity index (χ1v) is 7.18. The number of amides is 2. The summed E-state index contributed by atoms with van der Waals surface area (Å²) >= 11 is 0. The van der Waals surface area contributed by atoms with E-state index in [2.05, 4.69) is 10.3 Å². The number of pyridine rings is 1. The third-order valence-corrected chi connectivity index (χ3v) is 2.99. The van der Waals surface area contributed by atoms with Crippen LogP contribution in [0, 0.1) is 0 Å². The van der Waals surface area contributed by atoms with Crippen molar-refractivity contribution in [3.8, 4) is 5.75 Å². The SMILES string of the molecule is O=C(C=Cc1ccc(OCC(=O)NO)cc1)NCc1cccnc1. The Balaban J connectivity index is 1.80. The molecular weight excluding hydrogens is 310 g/mol. The van der Waals surface area contributed by atoms with Crippen LogP contribution in [0.15, 0.2) is 54.9 Å². The van der Waals surface area contributed by atoms with Crippen molar-refractivity contribution >= 4 is 17.9 Å². The number of ether oxygens (including phenoxy) is 1. The van der Waals surface area contributed by atoms with Crippen LogP contribution in [0.4, 0.5) is 0 Å². The van der Waals surface area contributed by atoms with Crippen molar-refractivity contribution in [3.05, 3.63) is 66.0 Å². The summed E-state index contributed by atoms with van der Waals surface area (Å²) in [6.07, 6.45) is 6.48. The standard InChI is InChI=1S/C17H17N3O4/c21-16(19-11-14-2-1-9-18-10-14)8-5-13-3-6-15(7-4-13)24-12-17(22)20-23/h1-10,23H,11-12H2,(H,19,21)(H,20,22).